The molecule has 0 saturated carbocycles. The Bertz CT molecular complexity index is 1720. The van der Waals surface area contributed by atoms with Crippen molar-refractivity contribution in [2.45, 2.75) is 26.3 Å². The van der Waals surface area contributed by atoms with Crippen LogP contribution < -0.4 is 37.9 Å². The minimum absolute atomic E-state index is 0.0182. The lowest BCUT2D eigenvalue weighted by Gasteiger charge is -2.17. The van der Waals surface area contributed by atoms with Crippen LogP contribution in [0, 0.1) is 17.6 Å². The van der Waals surface area contributed by atoms with E-state index >= 15 is 0 Å². The van der Waals surface area contributed by atoms with Gasteiger partial charge >= 0.3 is 0 Å². The quantitative estimate of drug-likeness (QED) is 0.0954. The third-order valence-corrected chi connectivity index (χ3v) is 7.01. The number of aliphatic imine (C=N–C) groups is 1. The topological polar surface area (TPSA) is 200 Å². The number of methoxy groups -OCH3 is 1. The van der Waals surface area contributed by atoms with E-state index in [9.17, 15) is 18.4 Å². The Morgan fingerprint density at radius 2 is 1.84 bits per heavy atom. The molecule has 13 nitrogen and oxygen atoms in total. The van der Waals surface area contributed by atoms with Gasteiger partial charge in [-0.15, -0.1) is 0 Å². The van der Waals surface area contributed by atoms with Crippen molar-refractivity contribution in [3.63, 3.8) is 0 Å². The van der Waals surface area contributed by atoms with Gasteiger partial charge in [-0.1, -0.05) is 13.8 Å². The molecule has 2 atom stereocenters. The maximum Gasteiger partial charge on any atom is 0.251 e. The smallest absolute Gasteiger partial charge is 0.251 e. The number of hydrogen-bond acceptors (Lipinski definition) is 8. The van der Waals surface area contributed by atoms with Crippen LogP contribution in [0.2, 0.25) is 0 Å². The summed E-state index contributed by atoms with van der Waals surface area (Å²) in [7, 11) is 1.27. The molecular formula is C30H36F2N10O3. The average Bonchev–Trinajstić information content (AvgIpc) is 3.47. The molecule has 0 fully saturated rings. The fourth-order valence-corrected chi connectivity index (χ4v) is 4.54. The van der Waals surface area contributed by atoms with Gasteiger partial charge in [-0.3, -0.25) is 19.0 Å². The molecule has 2 aromatic heterocycles. The van der Waals surface area contributed by atoms with Crippen LogP contribution in [0.4, 0.5) is 20.3 Å². The Balaban J connectivity index is 1.42. The highest BCUT2D eigenvalue weighted by atomic mass is 19.2. The molecule has 9 N–H and O–H groups in total. The maximum absolute atomic E-state index is 14.8. The fourth-order valence-electron chi connectivity index (χ4n) is 4.54. The monoisotopic (exact) mass is 622 g/mol. The van der Waals surface area contributed by atoms with Gasteiger partial charge in [0, 0.05) is 42.3 Å². The third kappa shape index (κ3) is 7.62. The summed E-state index contributed by atoms with van der Waals surface area (Å²) in [6.07, 6.45) is 5.13. The van der Waals surface area contributed by atoms with Gasteiger partial charge in [0.1, 0.15) is 6.04 Å². The molecule has 2 aromatic carbocycles. The summed E-state index contributed by atoms with van der Waals surface area (Å²) >= 11 is 0. The number of nitrogens with one attached hydrogen (secondary N) is 3. The van der Waals surface area contributed by atoms with Crippen LogP contribution in [0.15, 0.2) is 53.9 Å². The molecule has 1 unspecified atom stereocenters. The van der Waals surface area contributed by atoms with Gasteiger partial charge < -0.3 is 37.9 Å². The lowest BCUT2D eigenvalue weighted by Crippen LogP contribution is -2.45. The summed E-state index contributed by atoms with van der Waals surface area (Å²) in [5, 5.41) is 8.85. The van der Waals surface area contributed by atoms with Crippen molar-refractivity contribution in [3.8, 4) is 17.0 Å². The van der Waals surface area contributed by atoms with Gasteiger partial charge in [0.15, 0.2) is 29.0 Å². The summed E-state index contributed by atoms with van der Waals surface area (Å²) in [4.78, 5) is 37.7. The van der Waals surface area contributed by atoms with Gasteiger partial charge in [0.05, 0.1) is 25.5 Å². The first-order valence-corrected chi connectivity index (χ1v) is 14.1. The van der Waals surface area contributed by atoms with Crippen LogP contribution in [-0.4, -0.2) is 64.9 Å². The minimum atomic E-state index is -1.09. The summed E-state index contributed by atoms with van der Waals surface area (Å²) in [6.45, 7) is 4.40. The first kappa shape index (κ1) is 32.6. The van der Waals surface area contributed by atoms with Crippen LogP contribution in [-0.2, 0) is 11.2 Å². The van der Waals surface area contributed by atoms with Crippen LogP contribution in [0.25, 0.3) is 16.9 Å². The Hall–Kier alpha value is -5.31. The van der Waals surface area contributed by atoms with E-state index in [1.54, 1.807) is 22.7 Å². The zero-order valence-electron chi connectivity index (χ0n) is 25.1. The van der Waals surface area contributed by atoms with E-state index in [-0.39, 0.29) is 35.6 Å². The van der Waals surface area contributed by atoms with Gasteiger partial charge in [-0.05, 0) is 48.2 Å². The highest BCUT2D eigenvalue weighted by Crippen LogP contribution is 2.31. The largest absolute Gasteiger partial charge is 0.494 e. The predicted molar refractivity (Wildman–Crippen MR) is 167 cm³/mol. The molecule has 15 heteroatoms. The van der Waals surface area contributed by atoms with Crippen molar-refractivity contribution >= 4 is 34.9 Å². The number of fused-ring (bicyclic) bond motifs is 1. The first-order valence-electron chi connectivity index (χ1n) is 14.1. The zero-order valence-corrected chi connectivity index (χ0v) is 25.1. The van der Waals surface area contributed by atoms with Crippen molar-refractivity contribution in [2.24, 2.45) is 28.1 Å². The Kier molecular flexibility index (Phi) is 10.5. The van der Waals surface area contributed by atoms with Gasteiger partial charge in [0.2, 0.25) is 11.7 Å². The molecule has 4 rings (SSSR count). The number of aryl methyl sites for hydroxylation is 1. The van der Waals surface area contributed by atoms with Gasteiger partial charge in [-0.2, -0.15) is 4.39 Å². The van der Waals surface area contributed by atoms with E-state index in [0.717, 1.165) is 5.56 Å². The second-order valence-corrected chi connectivity index (χ2v) is 10.3. The molecule has 0 aliphatic heterocycles. The van der Waals surface area contributed by atoms with Crippen LogP contribution in [0.3, 0.4) is 0 Å². The average molecular weight is 623 g/mol. The number of rotatable bonds is 13. The number of benzene rings is 2. The molecule has 0 saturated heterocycles. The number of nitrogens with zero attached hydrogens (tertiary/aromatic N) is 4. The van der Waals surface area contributed by atoms with Gasteiger partial charge in [-0.25, -0.2) is 14.4 Å². The number of nitrogens with two attached hydrogens (primary N) is 3. The third-order valence-electron chi connectivity index (χ3n) is 7.01. The van der Waals surface area contributed by atoms with Crippen molar-refractivity contribution in [1.29, 1.82) is 0 Å². The van der Waals surface area contributed by atoms with E-state index < -0.39 is 23.6 Å². The van der Waals surface area contributed by atoms with E-state index in [2.05, 4.69) is 30.9 Å². The molecule has 45 heavy (non-hydrogen) atoms. The summed E-state index contributed by atoms with van der Waals surface area (Å²) < 4.78 is 35.7. The maximum atomic E-state index is 14.8. The van der Waals surface area contributed by atoms with Crippen molar-refractivity contribution < 1.29 is 23.1 Å². The van der Waals surface area contributed by atoms with Crippen molar-refractivity contribution in [1.82, 2.24) is 25.0 Å². The van der Waals surface area contributed by atoms with Crippen LogP contribution >= 0.6 is 0 Å². The number of ether oxygens (including phenoxy) is 1. The fraction of sp³-hybridized carbons (Fsp3) is 0.300. The first-order chi connectivity index (χ1) is 21.5. The van der Waals surface area contributed by atoms with E-state index in [1.807, 2.05) is 19.9 Å². The molecule has 0 aliphatic carbocycles. The number of anilines is 2. The lowest BCUT2D eigenvalue weighted by atomic mass is 10.0. The molecule has 0 radical (unpaired) electrons. The summed E-state index contributed by atoms with van der Waals surface area (Å²) in [5.74, 6) is -2.83. The van der Waals surface area contributed by atoms with Crippen LogP contribution in [0.1, 0.15) is 29.8 Å². The minimum Gasteiger partial charge on any atom is -0.494 e. The molecule has 2 heterocycles. The SMILES string of the molecule is CCc1cc(Nc2nccn3c(-c4ccc(OC)c(F)c4F)cnc23)ccc1C(=O)NCC(C)CNC(=O)[C@@H](N)CN=C(N)N. The molecular weight excluding hydrogens is 586 g/mol. The standard InChI is InChI=1S/C30H36F2N10O3/c1-4-17-11-18(5-6-19(17)28(43)38-12-16(2)13-39-29(44)21(33)14-40-30(34)35)41-26-27-37-15-22(42(27)10-9-36-26)20-7-8-23(45-3)25(32)24(20)31/h5-11,15-16,21H,4,12-14,33H2,1-3H3,(H,36,41)(H,38,43)(H,39,44)(H4,34,35,40)/t16?,21-/m0/s1. The number of carbonyl (C=O) groups excluding carboxylic acids is 2. The zero-order chi connectivity index (χ0) is 32.7. The van der Waals surface area contributed by atoms with E-state index in [4.69, 9.17) is 21.9 Å². The highest BCUT2D eigenvalue weighted by molar-refractivity contribution is 5.96. The number of aromatic nitrogens is 3. The normalized spacial score (nSPS) is 12.3. The highest BCUT2D eigenvalue weighted by Gasteiger charge is 2.20. The Labute approximate surface area is 258 Å². The van der Waals surface area contributed by atoms with E-state index in [0.29, 0.717) is 47.9 Å². The number of carbonyl (C=O) groups is 2. The number of halogens is 2. The molecule has 0 aliphatic rings. The number of amides is 2. The second kappa shape index (κ2) is 14.4. The molecule has 2 amide bonds. The second-order valence-electron chi connectivity index (χ2n) is 10.3. The van der Waals surface area contributed by atoms with Gasteiger partial charge in [0.25, 0.3) is 5.91 Å². The molecule has 0 bridgehead atoms. The lowest BCUT2D eigenvalue weighted by molar-refractivity contribution is -0.122. The summed E-state index contributed by atoms with van der Waals surface area (Å²) in [6, 6.07) is 7.18. The molecule has 4 aromatic rings. The number of hydrogen-bond donors (Lipinski definition) is 6. The Morgan fingerprint density at radius 3 is 2.56 bits per heavy atom. The Morgan fingerprint density at radius 1 is 1.09 bits per heavy atom. The number of imidazole rings is 1. The molecule has 0 spiro atoms. The van der Waals surface area contributed by atoms with Crippen LogP contribution in [0.5, 0.6) is 5.75 Å². The number of guanidine groups is 1. The molecule has 238 valence electrons. The van der Waals surface area contributed by atoms with Crippen molar-refractivity contribution in [2.75, 3.05) is 32.1 Å². The summed E-state index contributed by atoms with van der Waals surface area (Å²) in [5.41, 5.74) is 19.0. The predicted octanol–water partition coefficient (Wildman–Crippen LogP) is 2.07. The van der Waals surface area contributed by atoms with E-state index in [1.165, 1.54) is 31.6 Å². The van der Waals surface area contributed by atoms with Crippen molar-refractivity contribution in [3.05, 3.63) is 71.7 Å².